The number of hydrogen-bond acceptors (Lipinski definition) is 7. The lowest BCUT2D eigenvalue weighted by molar-refractivity contribution is -0.139. The fourth-order valence-corrected chi connectivity index (χ4v) is 5.42. The van der Waals surface area contributed by atoms with E-state index in [9.17, 15) is 18.0 Å². The van der Waals surface area contributed by atoms with Crippen LogP contribution in [-0.4, -0.2) is 66.1 Å². The molecule has 0 aliphatic rings. The highest BCUT2D eigenvalue weighted by Crippen LogP contribution is 2.32. The van der Waals surface area contributed by atoms with Crippen molar-refractivity contribution >= 4 is 27.5 Å². The number of sulfonamides is 1. The lowest BCUT2D eigenvalue weighted by atomic mass is 10.1. The summed E-state index contributed by atoms with van der Waals surface area (Å²) in [4.78, 5) is 27.7. The number of methoxy groups -OCH3 is 3. The van der Waals surface area contributed by atoms with Crippen molar-refractivity contribution in [3.63, 3.8) is 0 Å². The summed E-state index contributed by atoms with van der Waals surface area (Å²) in [6.45, 7) is 1.10. The summed E-state index contributed by atoms with van der Waals surface area (Å²) < 4.78 is 44.7. The van der Waals surface area contributed by atoms with Crippen molar-refractivity contribution in [2.45, 2.75) is 24.4 Å². The maximum Gasteiger partial charge on any atom is 0.264 e. The Kier molecular flexibility index (Phi) is 9.78. The van der Waals surface area contributed by atoms with Gasteiger partial charge in [-0.25, -0.2) is 8.42 Å². The van der Waals surface area contributed by atoms with E-state index in [0.717, 1.165) is 4.31 Å². The second kappa shape index (κ2) is 13.0. The summed E-state index contributed by atoms with van der Waals surface area (Å²) in [5.74, 6) is 0.227. The summed E-state index contributed by atoms with van der Waals surface area (Å²) in [5.41, 5.74) is 1.00. The molecule has 3 aromatic carbocycles. The highest BCUT2D eigenvalue weighted by atomic mass is 32.2. The minimum atomic E-state index is -4.25. The molecule has 208 valence electrons. The molecule has 11 heteroatoms. The molecule has 0 saturated heterocycles. The summed E-state index contributed by atoms with van der Waals surface area (Å²) in [5, 5.41) is 2.56. The minimum absolute atomic E-state index is 0.0592. The topological polar surface area (TPSA) is 114 Å². The summed E-state index contributed by atoms with van der Waals surface area (Å²) in [6, 6.07) is 18.7. The van der Waals surface area contributed by atoms with Crippen molar-refractivity contribution in [2.75, 3.05) is 39.2 Å². The van der Waals surface area contributed by atoms with Crippen LogP contribution in [0.2, 0.25) is 0 Å². The van der Waals surface area contributed by atoms with Gasteiger partial charge in [0.2, 0.25) is 11.8 Å². The first-order chi connectivity index (χ1) is 18.7. The maximum atomic E-state index is 13.9. The van der Waals surface area contributed by atoms with Crippen LogP contribution in [0.1, 0.15) is 12.5 Å². The molecule has 0 radical (unpaired) electrons. The highest BCUT2D eigenvalue weighted by Gasteiger charge is 2.32. The number of nitrogens with zero attached hydrogens (tertiary/aromatic N) is 2. The van der Waals surface area contributed by atoms with Crippen molar-refractivity contribution in [1.29, 1.82) is 0 Å². The van der Waals surface area contributed by atoms with Gasteiger partial charge in [-0.2, -0.15) is 0 Å². The molecule has 0 aromatic heterocycles. The predicted octanol–water partition coefficient (Wildman–Crippen LogP) is 3.07. The molecule has 3 aromatic rings. The first kappa shape index (κ1) is 29.3. The fourth-order valence-electron chi connectivity index (χ4n) is 3.99. The van der Waals surface area contributed by atoms with Gasteiger partial charge < -0.3 is 24.4 Å². The second-order valence-corrected chi connectivity index (χ2v) is 10.4. The van der Waals surface area contributed by atoms with Gasteiger partial charge in [0.05, 0.1) is 31.9 Å². The molecule has 1 unspecified atom stereocenters. The van der Waals surface area contributed by atoms with Gasteiger partial charge in [-0.1, -0.05) is 30.3 Å². The van der Waals surface area contributed by atoms with Crippen LogP contribution in [0.4, 0.5) is 5.69 Å². The standard InChI is InChI=1S/C28H33N3O7S/c1-20(28(33)29-2)30(18-21-10-9-13-23(16-21)36-3)27(32)19-31(22-11-7-6-8-12-22)39(34,35)24-14-15-25(37-4)26(17-24)38-5/h6-17,20H,18-19H2,1-5H3,(H,29,33). The lowest BCUT2D eigenvalue weighted by Crippen LogP contribution is -2.50. The molecule has 2 amide bonds. The molecule has 0 fully saturated rings. The second-order valence-electron chi connectivity index (χ2n) is 8.53. The molecule has 3 rings (SSSR count). The number of rotatable bonds is 12. The van der Waals surface area contributed by atoms with E-state index in [1.807, 2.05) is 0 Å². The van der Waals surface area contributed by atoms with E-state index >= 15 is 0 Å². The fraction of sp³-hybridized carbons (Fsp3) is 0.286. The molecule has 1 atom stereocenters. The Morgan fingerprint density at radius 1 is 0.872 bits per heavy atom. The quantitative estimate of drug-likeness (QED) is 0.365. The average molecular weight is 556 g/mol. The molecule has 1 N–H and O–H groups in total. The summed E-state index contributed by atoms with van der Waals surface area (Å²) >= 11 is 0. The van der Waals surface area contributed by atoms with Crippen LogP contribution in [0.3, 0.4) is 0 Å². The van der Waals surface area contributed by atoms with Gasteiger partial charge in [0, 0.05) is 19.7 Å². The first-order valence-corrected chi connectivity index (χ1v) is 13.5. The Hall–Kier alpha value is -4.25. The zero-order valence-electron chi connectivity index (χ0n) is 22.6. The third-order valence-corrected chi connectivity index (χ3v) is 7.94. The largest absolute Gasteiger partial charge is 0.497 e. The van der Waals surface area contributed by atoms with Crippen LogP contribution >= 0.6 is 0 Å². The van der Waals surface area contributed by atoms with Crippen LogP contribution in [0.15, 0.2) is 77.7 Å². The average Bonchev–Trinajstić information content (AvgIpc) is 2.97. The molecule has 0 saturated carbocycles. The Balaban J connectivity index is 2.04. The number of para-hydroxylation sites is 1. The molecular formula is C28H33N3O7S. The van der Waals surface area contributed by atoms with Crippen molar-refractivity contribution in [3.05, 3.63) is 78.4 Å². The number of benzene rings is 3. The number of hydrogen-bond donors (Lipinski definition) is 1. The van der Waals surface area contributed by atoms with Gasteiger partial charge in [0.25, 0.3) is 10.0 Å². The number of amides is 2. The van der Waals surface area contributed by atoms with E-state index < -0.39 is 28.5 Å². The van der Waals surface area contributed by atoms with Crippen molar-refractivity contribution < 1.29 is 32.2 Å². The zero-order chi connectivity index (χ0) is 28.6. The van der Waals surface area contributed by atoms with E-state index in [2.05, 4.69) is 5.32 Å². The van der Waals surface area contributed by atoms with Gasteiger partial charge in [-0.05, 0) is 48.9 Å². The highest BCUT2D eigenvalue weighted by molar-refractivity contribution is 7.92. The van der Waals surface area contributed by atoms with E-state index in [1.165, 1.54) is 51.5 Å². The number of likely N-dealkylation sites (N-methyl/N-ethyl adjacent to an activating group) is 1. The minimum Gasteiger partial charge on any atom is -0.497 e. The molecule has 0 aliphatic carbocycles. The van der Waals surface area contributed by atoms with Crippen LogP contribution in [0, 0.1) is 0 Å². The van der Waals surface area contributed by atoms with Crippen molar-refractivity contribution in [2.24, 2.45) is 0 Å². The van der Waals surface area contributed by atoms with E-state index in [0.29, 0.717) is 17.1 Å². The Labute approximate surface area is 229 Å². The molecule has 39 heavy (non-hydrogen) atoms. The van der Waals surface area contributed by atoms with Crippen molar-refractivity contribution in [1.82, 2.24) is 10.2 Å². The molecule has 0 spiro atoms. The number of anilines is 1. The molecule has 10 nitrogen and oxygen atoms in total. The van der Waals surface area contributed by atoms with Gasteiger partial charge in [0.1, 0.15) is 18.3 Å². The molecule has 0 bridgehead atoms. The third-order valence-electron chi connectivity index (χ3n) is 6.17. The van der Waals surface area contributed by atoms with Gasteiger partial charge in [-0.15, -0.1) is 0 Å². The lowest BCUT2D eigenvalue weighted by Gasteiger charge is -2.31. The molecule has 0 aliphatic heterocycles. The van der Waals surface area contributed by atoms with Crippen LogP contribution in [0.5, 0.6) is 17.2 Å². The number of carbonyl (C=O) groups excluding carboxylic acids is 2. The normalized spacial score (nSPS) is 11.7. The maximum absolute atomic E-state index is 13.9. The van der Waals surface area contributed by atoms with Crippen LogP contribution < -0.4 is 23.8 Å². The number of nitrogens with one attached hydrogen (secondary N) is 1. The van der Waals surface area contributed by atoms with E-state index in [4.69, 9.17) is 14.2 Å². The zero-order valence-corrected chi connectivity index (χ0v) is 23.4. The Morgan fingerprint density at radius 2 is 1.56 bits per heavy atom. The summed E-state index contributed by atoms with van der Waals surface area (Å²) in [6.07, 6.45) is 0. The van der Waals surface area contributed by atoms with Gasteiger partial charge in [0.15, 0.2) is 11.5 Å². The Bertz CT molecular complexity index is 1400. The predicted molar refractivity (Wildman–Crippen MR) is 148 cm³/mol. The van der Waals surface area contributed by atoms with Gasteiger partial charge >= 0.3 is 0 Å². The van der Waals surface area contributed by atoms with Crippen LogP contribution in [-0.2, 0) is 26.2 Å². The summed E-state index contributed by atoms with van der Waals surface area (Å²) in [7, 11) is 1.62. The first-order valence-electron chi connectivity index (χ1n) is 12.1. The molecular weight excluding hydrogens is 522 g/mol. The van der Waals surface area contributed by atoms with E-state index in [-0.39, 0.29) is 28.8 Å². The number of carbonyl (C=O) groups is 2. The van der Waals surface area contributed by atoms with E-state index in [1.54, 1.807) is 61.5 Å². The van der Waals surface area contributed by atoms with Gasteiger partial charge in [-0.3, -0.25) is 13.9 Å². The van der Waals surface area contributed by atoms with Crippen LogP contribution in [0.25, 0.3) is 0 Å². The SMILES string of the molecule is CNC(=O)C(C)N(Cc1cccc(OC)c1)C(=O)CN(c1ccccc1)S(=O)(=O)c1ccc(OC)c(OC)c1. The smallest absolute Gasteiger partial charge is 0.264 e. The molecule has 0 heterocycles. The third kappa shape index (κ3) is 6.80. The Morgan fingerprint density at radius 3 is 2.18 bits per heavy atom. The van der Waals surface area contributed by atoms with Crippen molar-refractivity contribution in [3.8, 4) is 17.2 Å². The monoisotopic (exact) mass is 555 g/mol. The number of ether oxygens (including phenoxy) is 3.